The molecule has 0 amide bonds. The van der Waals surface area contributed by atoms with Gasteiger partial charge in [0.2, 0.25) is 0 Å². The monoisotopic (exact) mass is 134 g/mol. The lowest BCUT2D eigenvalue weighted by Gasteiger charge is -2.16. The first kappa shape index (κ1) is 7.33. The topological polar surface area (TPSA) is 0 Å². The Morgan fingerprint density at radius 3 is 2.90 bits per heavy atom. The molecule has 0 radical (unpaired) electrons. The molecule has 0 spiro atoms. The van der Waals surface area contributed by atoms with Gasteiger partial charge in [-0.05, 0) is 18.3 Å². The van der Waals surface area contributed by atoms with Gasteiger partial charge in [-0.1, -0.05) is 37.3 Å². The SMILES string of the molecule is C=CC(C)C1C=CC=CC1. The van der Waals surface area contributed by atoms with Crippen LogP contribution in [0.15, 0.2) is 37.0 Å². The molecule has 0 heterocycles. The largest absolute Gasteiger partial charge is 0.103 e. The molecule has 0 N–H and O–H groups in total. The zero-order valence-corrected chi connectivity index (χ0v) is 6.46. The predicted molar refractivity (Wildman–Crippen MR) is 45.7 cm³/mol. The van der Waals surface area contributed by atoms with E-state index in [1.54, 1.807) is 0 Å². The summed E-state index contributed by atoms with van der Waals surface area (Å²) in [4.78, 5) is 0. The van der Waals surface area contributed by atoms with E-state index >= 15 is 0 Å². The minimum absolute atomic E-state index is 0.612. The molecule has 54 valence electrons. The van der Waals surface area contributed by atoms with Gasteiger partial charge in [-0.25, -0.2) is 0 Å². The third-order valence-corrected chi connectivity index (χ3v) is 2.06. The summed E-state index contributed by atoms with van der Waals surface area (Å²) in [5.74, 6) is 1.30. The fourth-order valence-electron chi connectivity index (χ4n) is 1.16. The molecule has 0 aliphatic heterocycles. The van der Waals surface area contributed by atoms with Crippen molar-refractivity contribution in [3.8, 4) is 0 Å². The summed E-state index contributed by atoms with van der Waals surface area (Å²) in [6.45, 7) is 5.99. The van der Waals surface area contributed by atoms with Gasteiger partial charge in [0.05, 0.1) is 0 Å². The van der Waals surface area contributed by atoms with Gasteiger partial charge in [0.15, 0.2) is 0 Å². The van der Waals surface area contributed by atoms with Crippen molar-refractivity contribution in [2.45, 2.75) is 13.3 Å². The normalized spacial score (nSPS) is 26.3. The van der Waals surface area contributed by atoms with Gasteiger partial charge in [-0.2, -0.15) is 0 Å². The predicted octanol–water partition coefficient (Wildman–Crippen LogP) is 2.94. The van der Waals surface area contributed by atoms with E-state index in [2.05, 4.69) is 37.8 Å². The molecule has 1 rings (SSSR count). The van der Waals surface area contributed by atoms with Crippen LogP contribution in [0.3, 0.4) is 0 Å². The van der Waals surface area contributed by atoms with Crippen LogP contribution >= 0.6 is 0 Å². The van der Waals surface area contributed by atoms with E-state index in [0.29, 0.717) is 11.8 Å². The van der Waals surface area contributed by atoms with Crippen LogP contribution < -0.4 is 0 Å². The first-order valence-corrected chi connectivity index (χ1v) is 3.80. The second-order valence-electron chi connectivity index (χ2n) is 2.81. The van der Waals surface area contributed by atoms with E-state index in [1.165, 1.54) is 6.42 Å². The number of rotatable bonds is 2. The third-order valence-electron chi connectivity index (χ3n) is 2.06. The van der Waals surface area contributed by atoms with Crippen molar-refractivity contribution >= 4 is 0 Å². The molecule has 0 aromatic heterocycles. The molecule has 2 unspecified atom stereocenters. The van der Waals surface area contributed by atoms with Crippen molar-refractivity contribution in [2.24, 2.45) is 11.8 Å². The first-order chi connectivity index (χ1) is 4.84. The molecule has 0 aromatic rings. The molecule has 0 saturated carbocycles. The summed E-state index contributed by atoms with van der Waals surface area (Å²) in [7, 11) is 0. The van der Waals surface area contributed by atoms with E-state index in [1.807, 2.05) is 6.08 Å². The van der Waals surface area contributed by atoms with Crippen LogP contribution in [-0.2, 0) is 0 Å². The number of hydrogen-bond donors (Lipinski definition) is 0. The average molecular weight is 134 g/mol. The molecular formula is C10H14. The first-order valence-electron chi connectivity index (χ1n) is 3.80. The van der Waals surface area contributed by atoms with Crippen molar-refractivity contribution in [3.63, 3.8) is 0 Å². The van der Waals surface area contributed by atoms with Gasteiger partial charge in [-0.15, -0.1) is 6.58 Å². The van der Waals surface area contributed by atoms with Gasteiger partial charge in [0.1, 0.15) is 0 Å². The summed E-state index contributed by atoms with van der Waals surface area (Å²) < 4.78 is 0. The van der Waals surface area contributed by atoms with Crippen molar-refractivity contribution in [1.82, 2.24) is 0 Å². The van der Waals surface area contributed by atoms with Crippen LogP contribution in [0.25, 0.3) is 0 Å². The quantitative estimate of drug-likeness (QED) is 0.509. The Morgan fingerprint density at radius 1 is 1.60 bits per heavy atom. The summed E-state index contributed by atoms with van der Waals surface area (Å²) in [5.41, 5.74) is 0. The van der Waals surface area contributed by atoms with Gasteiger partial charge in [0.25, 0.3) is 0 Å². The van der Waals surface area contributed by atoms with E-state index in [-0.39, 0.29) is 0 Å². The maximum absolute atomic E-state index is 3.78. The van der Waals surface area contributed by atoms with E-state index in [9.17, 15) is 0 Å². The molecular weight excluding hydrogens is 120 g/mol. The molecule has 2 atom stereocenters. The van der Waals surface area contributed by atoms with E-state index < -0.39 is 0 Å². The van der Waals surface area contributed by atoms with Crippen molar-refractivity contribution in [1.29, 1.82) is 0 Å². The molecule has 0 saturated heterocycles. The van der Waals surface area contributed by atoms with Crippen LogP contribution in [0.2, 0.25) is 0 Å². The maximum atomic E-state index is 3.78. The van der Waals surface area contributed by atoms with Gasteiger partial charge in [0, 0.05) is 0 Å². The number of allylic oxidation sites excluding steroid dienone is 5. The summed E-state index contributed by atoms with van der Waals surface area (Å²) in [6.07, 6.45) is 11.9. The fourth-order valence-corrected chi connectivity index (χ4v) is 1.16. The van der Waals surface area contributed by atoms with Gasteiger partial charge in [-0.3, -0.25) is 0 Å². The Hall–Kier alpha value is -0.780. The Bertz CT molecular complexity index is 163. The Balaban J connectivity index is 2.50. The van der Waals surface area contributed by atoms with Crippen molar-refractivity contribution in [2.75, 3.05) is 0 Å². The molecule has 0 heteroatoms. The molecule has 0 nitrogen and oxygen atoms in total. The minimum atomic E-state index is 0.612. The van der Waals surface area contributed by atoms with E-state index in [4.69, 9.17) is 0 Å². The summed E-state index contributed by atoms with van der Waals surface area (Å²) in [5, 5.41) is 0. The van der Waals surface area contributed by atoms with Crippen LogP contribution in [0.1, 0.15) is 13.3 Å². The van der Waals surface area contributed by atoms with Crippen molar-refractivity contribution < 1.29 is 0 Å². The van der Waals surface area contributed by atoms with Gasteiger partial charge < -0.3 is 0 Å². The Labute approximate surface area is 62.9 Å². The number of hydrogen-bond acceptors (Lipinski definition) is 0. The molecule has 1 aliphatic carbocycles. The second kappa shape index (κ2) is 3.40. The highest BCUT2D eigenvalue weighted by molar-refractivity contribution is 5.12. The van der Waals surface area contributed by atoms with Crippen LogP contribution in [0.5, 0.6) is 0 Å². The lowest BCUT2D eigenvalue weighted by atomic mass is 9.88. The Morgan fingerprint density at radius 2 is 2.40 bits per heavy atom. The fraction of sp³-hybridized carbons (Fsp3) is 0.400. The molecule has 0 bridgehead atoms. The zero-order valence-electron chi connectivity index (χ0n) is 6.46. The van der Waals surface area contributed by atoms with Crippen LogP contribution in [-0.4, -0.2) is 0 Å². The summed E-state index contributed by atoms with van der Waals surface area (Å²) >= 11 is 0. The lowest BCUT2D eigenvalue weighted by Crippen LogP contribution is -2.06. The molecule has 10 heavy (non-hydrogen) atoms. The maximum Gasteiger partial charge on any atom is -0.0135 e. The van der Waals surface area contributed by atoms with Crippen LogP contribution in [0, 0.1) is 11.8 Å². The van der Waals surface area contributed by atoms with Crippen molar-refractivity contribution in [3.05, 3.63) is 37.0 Å². The minimum Gasteiger partial charge on any atom is -0.103 e. The standard InChI is InChI=1S/C10H14/c1-3-9(2)10-7-5-4-6-8-10/h3-7,9-10H,1,8H2,2H3. The summed E-state index contributed by atoms with van der Waals surface area (Å²) in [6, 6.07) is 0. The highest BCUT2D eigenvalue weighted by atomic mass is 14.1. The lowest BCUT2D eigenvalue weighted by molar-refractivity contribution is 0.515. The molecule has 0 aromatic carbocycles. The highest BCUT2D eigenvalue weighted by Gasteiger charge is 2.09. The Kier molecular flexibility index (Phi) is 2.49. The third kappa shape index (κ3) is 1.60. The zero-order chi connectivity index (χ0) is 7.40. The average Bonchev–Trinajstić information content (AvgIpc) is 2.05. The van der Waals surface area contributed by atoms with Gasteiger partial charge >= 0.3 is 0 Å². The van der Waals surface area contributed by atoms with Crippen LogP contribution in [0.4, 0.5) is 0 Å². The second-order valence-corrected chi connectivity index (χ2v) is 2.81. The molecule has 1 aliphatic rings. The highest BCUT2D eigenvalue weighted by Crippen LogP contribution is 2.21. The molecule has 0 fully saturated rings. The smallest absolute Gasteiger partial charge is 0.0135 e. The van der Waals surface area contributed by atoms with E-state index in [0.717, 1.165) is 0 Å².